The molecule has 0 radical (unpaired) electrons. The summed E-state index contributed by atoms with van der Waals surface area (Å²) in [6.45, 7) is 2.06. The van der Waals surface area contributed by atoms with Gasteiger partial charge in [0, 0.05) is 22.3 Å². The number of alkyl halides is 1. The molecule has 1 aliphatic rings. The molecule has 0 aliphatic heterocycles. The summed E-state index contributed by atoms with van der Waals surface area (Å²) in [5.74, 6) is 1.63. The SMILES string of the molecule is Cc1csc(C2CC2CBr)n1. The van der Waals surface area contributed by atoms with Gasteiger partial charge in [0.05, 0.1) is 5.01 Å². The van der Waals surface area contributed by atoms with Crippen molar-refractivity contribution in [2.24, 2.45) is 5.92 Å². The van der Waals surface area contributed by atoms with Crippen LogP contribution in [0.5, 0.6) is 0 Å². The van der Waals surface area contributed by atoms with Crippen molar-refractivity contribution in [1.82, 2.24) is 4.98 Å². The van der Waals surface area contributed by atoms with Crippen molar-refractivity contribution in [2.45, 2.75) is 19.3 Å². The van der Waals surface area contributed by atoms with Crippen LogP contribution in [0.15, 0.2) is 5.38 Å². The molecule has 0 saturated heterocycles. The summed E-state index contributed by atoms with van der Waals surface area (Å²) in [5.41, 5.74) is 1.17. The van der Waals surface area contributed by atoms with Gasteiger partial charge in [0.2, 0.25) is 0 Å². The minimum atomic E-state index is 0.771. The first-order valence-corrected chi connectivity index (χ1v) is 5.79. The van der Waals surface area contributed by atoms with Gasteiger partial charge >= 0.3 is 0 Å². The van der Waals surface area contributed by atoms with Gasteiger partial charge in [0.15, 0.2) is 0 Å². The van der Waals surface area contributed by atoms with Crippen LogP contribution in [0, 0.1) is 12.8 Å². The van der Waals surface area contributed by atoms with Gasteiger partial charge < -0.3 is 0 Å². The highest BCUT2D eigenvalue weighted by Crippen LogP contribution is 2.49. The van der Waals surface area contributed by atoms with Crippen LogP contribution >= 0.6 is 27.3 Å². The molecule has 0 amide bonds. The molecule has 11 heavy (non-hydrogen) atoms. The second-order valence-electron chi connectivity index (χ2n) is 3.08. The zero-order chi connectivity index (χ0) is 7.84. The van der Waals surface area contributed by atoms with Crippen molar-refractivity contribution in [3.8, 4) is 0 Å². The smallest absolute Gasteiger partial charge is 0.0962 e. The number of hydrogen-bond donors (Lipinski definition) is 0. The van der Waals surface area contributed by atoms with E-state index in [1.807, 2.05) is 11.3 Å². The van der Waals surface area contributed by atoms with Crippen LogP contribution in [-0.4, -0.2) is 10.3 Å². The molecule has 0 bridgehead atoms. The Hall–Kier alpha value is 0.110. The minimum Gasteiger partial charge on any atom is -0.246 e. The Morgan fingerprint density at radius 1 is 1.82 bits per heavy atom. The van der Waals surface area contributed by atoms with Gasteiger partial charge in [-0.15, -0.1) is 11.3 Å². The van der Waals surface area contributed by atoms with Gasteiger partial charge in [-0.2, -0.15) is 0 Å². The third kappa shape index (κ3) is 1.49. The van der Waals surface area contributed by atoms with E-state index in [9.17, 15) is 0 Å². The molecule has 1 aromatic heterocycles. The Morgan fingerprint density at radius 3 is 3.09 bits per heavy atom. The van der Waals surface area contributed by atoms with E-state index in [2.05, 4.69) is 33.2 Å². The van der Waals surface area contributed by atoms with Crippen LogP contribution in [-0.2, 0) is 0 Å². The molecule has 0 N–H and O–H groups in total. The number of thiazole rings is 1. The normalized spacial score (nSPS) is 28.9. The van der Waals surface area contributed by atoms with Crippen LogP contribution in [0.2, 0.25) is 0 Å². The summed E-state index contributed by atoms with van der Waals surface area (Å²) < 4.78 is 0. The largest absolute Gasteiger partial charge is 0.246 e. The number of halogens is 1. The standard InChI is InChI=1S/C8H10BrNS/c1-5-4-11-8(10-5)7-2-6(7)3-9/h4,6-7H,2-3H2,1H3. The highest BCUT2D eigenvalue weighted by atomic mass is 79.9. The summed E-state index contributed by atoms with van der Waals surface area (Å²) in [5, 5.41) is 4.61. The van der Waals surface area contributed by atoms with Crippen LogP contribution < -0.4 is 0 Å². The fourth-order valence-electron chi connectivity index (χ4n) is 1.26. The van der Waals surface area contributed by atoms with Crippen molar-refractivity contribution in [2.75, 3.05) is 5.33 Å². The van der Waals surface area contributed by atoms with Gasteiger partial charge in [0.1, 0.15) is 0 Å². The maximum atomic E-state index is 4.47. The lowest BCUT2D eigenvalue weighted by Gasteiger charge is -1.88. The van der Waals surface area contributed by atoms with Gasteiger partial charge in [-0.3, -0.25) is 0 Å². The Morgan fingerprint density at radius 2 is 2.64 bits per heavy atom. The monoisotopic (exact) mass is 231 g/mol. The van der Waals surface area contributed by atoms with Crippen LogP contribution in [0.25, 0.3) is 0 Å². The van der Waals surface area contributed by atoms with Gasteiger partial charge in [-0.05, 0) is 19.3 Å². The summed E-state index contributed by atoms with van der Waals surface area (Å²) >= 11 is 5.30. The van der Waals surface area contributed by atoms with E-state index in [0.717, 1.165) is 17.2 Å². The number of aryl methyl sites for hydroxylation is 1. The Balaban J connectivity index is 2.08. The summed E-state index contributed by atoms with van der Waals surface area (Å²) in [4.78, 5) is 4.47. The lowest BCUT2D eigenvalue weighted by Crippen LogP contribution is -1.82. The first kappa shape index (κ1) is 7.74. The maximum Gasteiger partial charge on any atom is 0.0962 e. The average Bonchev–Trinajstić information content (AvgIpc) is 2.68. The van der Waals surface area contributed by atoms with E-state index in [1.54, 1.807) is 0 Å². The van der Waals surface area contributed by atoms with E-state index in [0.29, 0.717) is 0 Å². The quantitative estimate of drug-likeness (QED) is 0.714. The summed E-state index contributed by atoms with van der Waals surface area (Å²) in [6, 6.07) is 0. The van der Waals surface area contributed by atoms with Crippen LogP contribution in [0.1, 0.15) is 23.0 Å². The van der Waals surface area contributed by atoms with E-state index in [-0.39, 0.29) is 0 Å². The zero-order valence-corrected chi connectivity index (χ0v) is 8.78. The molecule has 2 unspecified atom stereocenters. The molecule has 1 heterocycles. The molecule has 1 nitrogen and oxygen atoms in total. The highest BCUT2D eigenvalue weighted by Gasteiger charge is 2.39. The lowest BCUT2D eigenvalue weighted by atomic mass is 10.3. The molecular weight excluding hydrogens is 222 g/mol. The van der Waals surface area contributed by atoms with Crippen LogP contribution in [0.3, 0.4) is 0 Å². The zero-order valence-electron chi connectivity index (χ0n) is 6.38. The molecule has 0 spiro atoms. The highest BCUT2D eigenvalue weighted by molar-refractivity contribution is 9.09. The number of aromatic nitrogens is 1. The second-order valence-corrected chi connectivity index (χ2v) is 4.62. The van der Waals surface area contributed by atoms with Gasteiger partial charge in [0.25, 0.3) is 0 Å². The number of rotatable bonds is 2. The molecule has 0 aromatic carbocycles. The lowest BCUT2D eigenvalue weighted by molar-refractivity contribution is 0.921. The van der Waals surface area contributed by atoms with Crippen molar-refractivity contribution >= 4 is 27.3 Å². The van der Waals surface area contributed by atoms with E-state index < -0.39 is 0 Å². The molecule has 2 atom stereocenters. The first-order valence-electron chi connectivity index (χ1n) is 3.79. The molecule has 1 saturated carbocycles. The van der Waals surface area contributed by atoms with E-state index in [4.69, 9.17) is 0 Å². The fraction of sp³-hybridized carbons (Fsp3) is 0.625. The summed E-state index contributed by atoms with van der Waals surface area (Å²) in [7, 11) is 0. The molecular formula is C8H10BrNS. The molecule has 1 aliphatic carbocycles. The maximum absolute atomic E-state index is 4.47. The predicted octanol–water partition coefficient (Wildman–Crippen LogP) is 2.95. The van der Waals surface area contributed by atoms with Crippen molar-refractivity contribution in [3.05, 3.63) is 16.1 Å². The van der Waals surface area contributed by atoms with E-state index in [1.165, 1.54) is 17.1 Å². The van der Waals surface area contributed by atoms with Crippen molar-refractivity contribution in [3.63, 3.8) is 0 Å². The van der Waals surface area contributed by atoms with Crippen molar-refractivity contribution in [1.29, 1.82) is 0 Å². The van der Waals surface area contributed by atoms with Crippen LogP contribution in [0.4, 0.5) is 0 Å². The molecule has 1 fully saturated rings. The Kier molecular flexibility index (Phi) is 2.02. The van der Waals surface area contributed by atoms with E-state index >= 15 is 0 Å². The first-order chi connectivity index (χ1) is 5.31. The third-order valence-corrected chi connectivity index (χ3v) is 4.00. The molecule has 1 aromatic rings. The van der Waals surface area contributed by atoms with Gasteiger partial charge in [-0.1, -0.05) is 15.9 Å². The van der Waals surface area contributed by atoms with Gasteiger partial charge in [-0.25, -0.2) is 4.98 Å². The summed E-state index contributed by atoms with van der Waals surface area (Å²) in [6.07, 6.45) is 1.33. The van der Waals surface area contributed by atoms with Crippen molar-refractivity contribution < 1.29 is 0 Å². The average molecular weight is 232 g/mol. The Bertz CT molecular complexity index is 258. The fourth-order valence-corrected chi connectivity index (χ4v) is 2.98. The predicted molar refractivity (Wildman–Crippen MR) is 51.5 cm³/mol. The third-order valence-electron chi connectivity index (χ3n) is 2.07. The topological polar surface area (TPSA) is 12.9 Å². The Labute approximate surface area is 79.0 Å². The minimum absolute atomic E-state index is 0.771. The molecule has 2 rings (SSSR count). The number of nitrogens with zero attached hydrogens (tertiary/aromatic N) is 1. The number of hydrogen-bond acceptors (Lipinski definition) is 2. The molecule has 3 heteroatoms. The second kappa shape index (κ2) is 2.87. The molecule has 60 valence electrons.